The maximum atomic E-state index is 12.1. The number of fused-ring (bicyclic) bond motifs is 1. The molecule has 3 N–H and O–H groups in total. The maximum Gasteiger partial charge on any atom is 0.270 e. The summed E-state index contributed by atoms with van der Waals surface area (Å²) < 4.78 is 11.5. The molecule has 0 unspecified atom stereocenters. The second kappa shape index (κ2) is 6.44. The number of carbonyl (C=O) groups excluding carboxylic acids is 1. The van der Waals surface area contributed by atoms with E-state index in [0.717, 1.165) is 0 Å². The van der Waals surface area contributed by atoms with Crippen LogP contribution in [-0.2, 0) is 4.74 Å². The molecule has 3 heterocycles. The first-order chi connectivity index (χ1) is 11.2. The minimum atomic E-state index is -0.321. The Kier molecular flexibility index (Phi) is 4.20. The van der Waals surface area contributed by atoms with Crippen molar-refractivity contribution in [3.8, 4) is 11.6 Å². The van der Waals surface area contributed by atoms with Gasteiger partial charge in [-0.15, -0.1) is 5.10 Å². The zero-order valence-electron chi connectivity index (χ0n) is 12.5. The first-order valence-corrected chi connectivity index (χ1v) is 7.03. The highest BCUT2D eigenvalue weighted by Crippen LogP contribution is 2.18. The van der Waals surface area contributed by atoms with Crippen molar-refractivity contribution in [2.45, 2.75) is 6.42 Å². The Morgan fingerprint density at radius 3 is 3.09 bits per heavy atom. The minimum Gasteiger partial charge on any atom is -0.461 e. The molecule has 3 aromatic heterocycles. The van der Waals surface area contributed by atoms with Gasteiger partial charge in [-0.3, -0.25) is 4.79 Å². The molecule has 3 rings (SSSR count). The fourth-order valence-electron chi connectivity index (χ4n) is 2.05. The second-order valence-electron chi connectivity index (χ2n) is 4.78. The van der Waals surface area contributed by atoms with Crippen LogP contribution < -0.4 is 11.1 Å². The van der Waals surface area contributed by atoms with Gasteiger partial charge in [-0.2, -0.15) is 4.52 Å². The summed E-state index contributed by atoms with van der Waals surface area (Å²) in [5, 5.41) is 6.96. The number of rotatable bonds is 6. The van der Waals surface area contributed by atoms with Crippen LogP contribution in [0.1, 0.15) is 16.9 Å². The quantitative estimate of drug-likeness (QED) is 0.643. The zero-order chi connectivity index (χ0) is 16.2. The summed E-state index contributed by atoms with van der Waals surface area (Å²) in [6.07, 6.45) is 2.25. The smallest absolute Gasteiger partial charge is 0.270 e. The molecule has 0 bridgehead atoms. The van der Waals surface area contributed by atoms with E-state index >= 15 is 0 Å². The fraction of sp³-hybridized carbons (Fsp3) is 0.286. The molecule has 9 heteroatoms. The molecule has 3 aromatic rings. The molecule has 23 heavy (non-hydrogen) atoms. The summed E-state index contributed by atoms with van der Waals surface area (Å²) in [7, 11) is 1.61. The topological polar surface area (TPSA) is 121 Å². The lowest BCUT2D eigenvalue weighted by Crippen LogP contribution is -2.26. The molecule has 0 aliphatic carbocycles. The van der Waals surface area contributed by atoms with Crippen molar-refractivity contribution >= 4 is 17.5 Å². The number of carbonyl (C=O) groups is 1. The number of aromatic nitrogens is 4. The van der Waals surface area contributed by atoms with Crippen molar-refractivity contribution in [3.05, 3.63) is 30.2 Å². The van der Waals surface area contributed by atoms with Crippen LogP contribution in [0.3, 0.4) is 0 Å². The number of nitrogens with zero attached hydrogens (tertiary/aromatic N) is 4. The van der Waals surface area contributed by atoms with E-state index in [1.165, 1.54) is 16.8 Å². The van der Waals surface area contributed by atoms with Gasteiger partial charge in [-0.25, -0.2) is 9.97 Å². The summed E-state index contributed by atoms with van der Waals surface area (Å²) in [5.41, 5.74) is 6.46. The molecule has 0 spiro atoms. The molecule has 0 aliphatic heterocycles. The van der Waals surface area contributed by atoms with Crippen LogP contribution >= 0.6 is 0 Å². The normalized spacial score (nSPS) is 11.0. The molecule has 0 fully saturated rings. The van der Waals surface area contributed by atoms with E-state index in [1.807, 2.05) is 0 Å². The molecule has 9 nitrogen and oxygen atoms in total. The third kappa shape index (κ3) is 3.14. The van der Waals surface area contributed by atoms with Gasteiger partial charge < -0.3 is 20.2 Å². The molecule has 0 radical (unpaired) electrons. The Morgan fingerprint density at radius 2 is 2.35 bits per heavy atom. The lowest BCUT2D eigenvalue weighted by atomic mass is 10.3. The lowest BCUT2D eigenvalue weighted by Gasteiger charge is -2.05. The van der Waals surface area contributed by atoms with Crippen LogP contribution in [-0.4, -0.2) is 45.8 Å². The van der Waals surface area contributed by atoms with E-state index in [-0.39, 0.29) is 17.5 Å². The highest BCUT2D eigenvalue weighted by Gasteiger charge is 2.15. The van der Waals surface area contributed by atoms with E-state index in [0.29, 0.717) is 36.8 Å². The Hall–Kier alpha value is -2.94. The monoisotopic (exact) mass is 316 g/mol. The number of nitrogens with one attached hydrogen (secondary N) is 1. The van der Waals surface area contributed by atoms with Gasteiger partial charge in [0.25, 0.3) is 5.91 Å². The lowest BCUT2D eigenvalue weighted by molar-refractivity contribution is 0.0943. The van der Waals surface area contributed by atoms with Crippen LogP contribution in [0.2, 0.25) is 0 Å². The molecule has 0 atom stereocenters. The van der Waals surface area contributed by atoms with Crippen molar-refractivity contribution in [2.24, 2.45) is 0 Å². The first-order valence-electron chi connectivity index (χ1n) is 7.03. The molecule has 120 valence electrons. The van der Waals surface area contributed by atoms with Crippen molar-refractivity contribution < 1.29 is 13.9 Å². The van der Waals surface area contributed by atoms with Gasteiger partial charge in [0.1, 0.15) is 5.69 Å². The van der Waals surface area contributed by atoms with Crippen LogP contribution in [0.15, 0.2) is 28.9 Å². The summed E-state index contributed by atoms with van der Waals surface area (Å²) >= 11 is 0. The largest absolute Gasteiger partial charge is 0.461 e. The number of methoxy groups -OCH3 is 1. The third-order valence-electron chi connectivity index (χ3n) is 3.14. The average Bonchev–Trinajstić information content (AvgIpc) is 3.19. The highest BCUT2D eigenvalue weighted by molar-refractivity contribution is 5.93. The summed E-state index contributed by atoms with van der Waals surface area (Å²) in [6.45, 7) is 1.06. The minimum absolute atomic E-state index is 0.0786. The van der Waals surface area contributed by atoms with Crippen molar-refractivity contribution in [1.82, 2.24) is 24.9 Å². The first kappa shape index (κ1) is 15.0. The molecular formula is C14H16N6O3. The number of hydrogen-bond acceptors (Lipinski definition) is 7. The van der Waals surface area contributed by atoms with Crippen molar-refractivity contribution in [2.75, 3.05) is 26.0 Å². The van der Waals surface area contributed by atoms with Gasteiger partial charge in [0.05, 0.1) is 6.26 Å². The second-order valence-corrected chi connectivity index (χ2v) is 4.78. The number of nitrogen functional groups attached to an aromatic ring is 1. The van der Waals surface area contributed by atoms with E-state index in [2.05, 4.69) is 20.4 Å². The highest BCUT2D eigenvalue weighted by atomic mass is 16.5. The van der Waals surface area contributed by atoms with Crippen molar-refractivity contribution in [1.29, 1.82) is 0 Å². The maximum absolute atomic E-state index is 12.1. The van der Waals surface area contributed by atoms with Gasteiger partial charge in [0, 0.05) is 26.3 Å². The van der Waals surface area contributed by atoms with E-state index in [1.54, 1.807) is 19.2 Å². The molecule has 0 saturated carbocycles. The molecule has 1 amide bonds. The molecule has 0 aromatic carbocycles. The average molecular weight is 316 g/mol. The van der Waals surface area contributed by atoms with E-state index in [4.69, 9.17) is 14.9 Å². The van der Waals surface area contributed by atoms with Gasteiger partial charge in [0.15, 0.2) is 11.4 Å². The number of hydrogen-bond donors (Lipinski definition) is 2. The number of furan rings is 1. The number of nitrogens with two attached hydrogens (primary N) is 1. The van der Waals surface area contributed by atoms with Crippen molar-refractivity contribution in [3.63, 3.8) is 0 Å². The summed E-state index contributed by atoms with van der Waals surface area (Å²) in [5.74, 6) is 0.646. The SMILES string of the molecule is COCCCNC(=O)c1cc2nc(-c3ccco3)nn2c(N)n1. The molecular weight excluding hydrogens is 300 g/mol. The van der Waals surface area contributed by atoms with Gasteiger partial charge >= 0.3 is 0 Å². The van der Waals surface area contributed by atoms with E-state index < -0.39 is 0 Å². The van der Waals surface area contributed by atoms with Crippen LogP contribution in [0.4, 0.5) is 5.95 Å². The predicted octanol–water partition coefficient (Wildman–Crippen LogP) is 0.733. The van der Waals surface area contributed by atoms with Gasteiger partial charge in [-0.1, -0.05) is 0 Å². The Morgan fingerprint density at radius 1 is 1.48 bits per heavy atom. The Balaban J connectivity index is 1.84. The van der Waals surface area contributed by atoms with Gasteiger partial charge in [0.2, 0.25) is 11.8 Å². The number of anilines is 1. The van der Waals surface area contributed by atoms with Crippen LogP contribution in [0, 0.1) is 0 Å². The molecule has 0 saturated heterocycles. The fourth-order valence-corrected chi connectivity index (χ4v) is 2.05. The summed E-state index contributed by atoms with van der Waals surface area (Å²) in [4.78, 5) is 20.5. The molecule has 0 aliphatic rings. The van der Waals surface area contributed by atoms with Gasteiger partial charge in [-0.05, 0) is 18.6 Å². The summed E-state index contributed by atoms with van der Waals surface area (Å²) in [6, 6.07) is 5.00. The van der Waals surface area contributed by atoms with Crippen LogP contribution in [0.5, 0.6) is 0 Å². The number of ether oxygens (including phenoxy) is 1. The zero-order valence-corrected chi connectivity index (χ0v) is 12.5. The third-order valence-corrected chi connectivity index (χ3v) is 3.14. The Labute approximate surface area is 131 Å². The van der Waals surface area contributed by atoms with E-state index in [9.17, 15) is 4.79 Å². The number of amides is 1. The Bertz CT molecular complexity index is 811. The standard InChI is InChI=1S/C14H16N6O3/c1-22-6-3-5-16-13(21)9-8-11-18-12(10-4-2-7-23-10)19-20(11)14(15)17-9/h2,4,7-8H,3,5-6H2,1H3,(H2,15,17)(H,16,21). The predicted molar refractivity (Wildman–Crippen MR) is 81.7 cm³/mol. The van der Waals surface area contributed by atoms with Crippen LogP contribution in [0.25, 0.3) is 17.2 Å².